The van der Waals surface area contributed by atoms with Crippen LogP contribution in [0.15, 0.2) is 0 Å². The largest absolute Gasteiger partial charge is 0.339 e. The standard InChI is InChI=1S/C11H22N2O2/c1-8(2)5-10(14)12-7-13-11(15)6-9(3)4/h8-9H,5-7H2,1-4H3,(H,12,14)(H,13,15). The number of nitrogens with one attached hydrogen (secondary N) is 2. The second-order valence-electron chi connectivity index (χ2n) is 4.57. The normalized spacial score (nSPS) is 10.5. The minimum atomic E-state index is -0.0187. The third-order valence-corrected chi connectivity index (χ3v) is 1.76. The van der Waals surface area contributed by atoms with Gasteiger partial charge in [0, 0.05) is 12.8 Å². The van der Waals surface area contributed by atoms with E-state index in [1.165, 1.54) is 0 Å². The molecule has 0 atom stereocenters. The maximum Gasteiger partial charge on any atom is 0.221 e. The Morgan fingerprint density at radius 3 is 1.47 bits per heavy atom. The molecule has 0 aromatic heterocycles. The van der Waals surface area contributed by atoms with Gasteiger partial charge in [0.25, 0.3) is 0 Å². The predicted molar refractivity (Wildman–Crippen MR) is 60.1 cm³/mol. The van der Waals surface area contributed by atoms with E-state index in [4.69, 9.17) is 0 Å². The lowest BCUT2D eigenvalue weighted by Gasteiger charge is -2.09. The Hall–Kier alpha value is -1.06. The molecule has 0 heterocycles. The Kier molecular flexibility index (Phi) is 6.75. The van der Waals surface area contributed by atoms with Gasteiger partial charge in [0.05, 0.1) is 6.67 Å². The van der Waals surface area contributed by atoms with Gasteiger partial charge in [-0.25, -0.2) is 0 Å². The zero-order valence-corrected chi connectivity index (χ0v) is 10.1. The molecule has 2 N–H and O–H groups in total. The molecule has 0 aromatic carbocycles. The molecule has 15 heavy (non-hydrogen) atoms. The first kappa shape index (κ1) is 13.9. The van der Waals surface area contributed by atoms with Gasteiger partial charge in [-0.1, -0.05) is 27.7 Å². The Balaban J connectivity index is 3.53. The maximum atomic E-state index is 11.2. The van der Waals surface area contributed by atoms with Crippen molar-refractivity contribution in [2.45, 2.75) is 40.5 Å². The van der Waals surface area contributed by atoms with E-state index in [-0.39, 0.29) is 18.5 Å². The smallest absolute Gasteiger partial charge is 0.221 e. The highest BCUT2D eigenvalue weighted by Crippen LogP contribution is 1.98. The van der Waals surface area contributed by atoms with Crippen LogP contribution in [0.5, 0.6) is 0 Å². The molecule has 0 aromatic rings. The lowest BCUT2D eigenvalue weighted by atomic mass is 10.1. The van der Waals surface area contributed by atoms with Crippen LogP contribution in [0, 0.1) is 11.8 Å². The number of carbonyl (C=O) groups is 2. The van der Waals surface area contributed by atoms with Gasteiger partial charge < -0.3 is 10.6 Å². The van der Waals surface area contributed by atoms with Crippen molar-refractivity contribution in [1.82, 2.24) is 10.6 Å². The van der Waals surface area contributed by atoms with Gasteiger partial charge in [0.15, 0.2) is 0 Å². The van der Waals surface area contributed by atoms with Crippen molar-refractivity contribution in [3.05, 3.63) is 0 Å². The highest BCUT2D eigenvalue weighted by Gasteiger charge is 2.06. The first-order chi connectivity index (χ1) is 6.91. The molecule has 0 aliphatic rings. The van der Waals surface area contributed by atoms with Gasteiger partial charge in [-0.05, 0) is 11.8 Å². The molecular formula is C11H22N2O2. The van der Waals surface area contributed by atoms with E-state index in [9.17, 15) is 9.59 Å². The Morgan fingerprint density at radius 2 is 1.20 bits per heavy atom. The van der Waals surface area contributed by atoms with E-state index in [2.05, 4.69) is 10.6 Å². The molecule has 0 aliphatic carbocycles. The predicted octanol–water partition coefficient (Wildman–Crippen LogP) is 1.27. The average molecular weight is 214 g/mol. The molecule has 0 spiro atoms. The summed E-state index contributed by atoms with van der Waals surface area (Å²) in [7, 11) is 0. The van der Waals surface area contributed by atoms with E-state index < -0.39 is 0 Å². The van der Waals surface area contributed by atoms with Crippen LogP contribution in [0.3, 0.4) is 0 Å². The van der Waals surface area contributed by atoms with Crippen LogP contribution < -0.4 is 10.6 Å². The zero-order valence-electron chi connectivity index (χ0n) is 10.1. The number of rotatable bonds is 6. The lowest BCUT2D eigenvalue weighted by molar-refractivity contribution is -0.123. The summed E-state index contributed by atoms with van der Waals surface area (Å²) >= 11 is 0. The van der Waals surface area contributed by atoms with Gasteiger partial charge in [-0.3, -0.25) is 9.59 Å². The first-order valence-electron chi connectivity index (χ1n) is 5.45. The Morgan fingerprint density at radius 1 is 0.867 bits per heavy atom. The van der Waals surface area contributed by atoms with Crippen molar-refractivity contribution in [2.75, 3.05) is 6.67 Å². The molecule has 88 valence electrons. The van der Waals surface area contributed by atoms with E-state index >= 15 is 0 Å². The summed E-state index contributed by atoms with van der Waals surface area (Å²) in [5.41, 5.74) is 0. The van der Waals surface area contributed by atoms with E-state index in [1.807, 2.05) is 27.7 Å². The van der Waals surface area contributed by atoms with Crippen LogP contribution in [-0.2, 0) is 9.59 Å². The van der Waals surface area contributed by atoms with Crippen LogP contribution in [0.1, 0.15) is 40.5 Å². The van der Waals surface area contributed by atoms with Crippen molar-refractivity contribution in [3.8, 4) is 0 Å². The fraction of sp³-hybridized carbons (Fsp3) is 0.818. The molecule has 2 amide bonds. The average Bonchev–Trinajstić information content (AvgIpc) is 2.00. The summed E-state index contributed by atoms with van der Waals surface area (Å²) in [4.78, 5) is 22.4. The van der Waals surface area contributed by atoms with Crippen LogP contribution in [-0.4, -0.2) is 18.5 Å². The zero-order chi connectivity index (χ0) is 11.8. The SMILES string of the molecule is CC(C)CC(=O)NCNC(=O)CC(C)C. The van der Waals surface area contributed by atoms with Crippen molar-refractivity contribution in [2.24, 2.45) is 11.8 Å². The monoisotopic (exact) mass is 214 g/mol. The van der Waals surface area contributed by atoms with E-state index in [0.29, 0.717) is 24.7 Å². The number of carbonyl (C=O) groups excluding carboxylic acids is 2. The fourth-order valence-electron chi connectivity index (χ4n) is 1.13. The molecule has 0 fully saturated rings. The van der Waals surface area contributed by atoms with Gasteiger partial charge in [0.1, 0.15) is 0 Å². The molecular weight excluding hydrogens is 192 g/mol. The molecule has 4 heteroatoms. The van der Waals surface area contributed by atoms with Crippen LogP contribution in [0.2, 0.25) is 0 Å². The first-order valence-corrected chi connectivity index (χ1v) is 5.45. The summed E-state index contributed by atoms with van der Waals surface area (Å²) in [5.74, 6) is 0.650. The molecule has 0 unspecified atom stereocenters. The summed E-state index contributed by atoms with van der Waals surface area (Å²) in [6.07, 6.45) is 1.00. The Labute approximate surface area is 91.8 Å². The highest BCUT2D eigenvalue weighted by molar-refractivity contribution is 5.78. The van der Waals surface area contributed by atoms with Crippen molar-refractivity contribution in [1.29, 1.82) is 0 Å². The molecule has 0 saturated heterocycles. The Bertz CT molecular complexity index is 191. The highest BCUT2D eigenvalue weighted by atomic mass is 16.2. The third kappa shape index (κ3) is 9.25. The topological polar surface area (TPSA) is 58.2 Å². The molecule has 4 nitrogen and oxygen atoms in total. The van der Waals surface area contributed by atoms with Gasteiger partial charge >= 0.3 is 0 Å². The number of hydrogen-bond donors (Lipinski definition) is 2. The minimum Gasteiger partial charge on any atom is -0.339 e. The summed E-state index contributed by atoms with van der Waals surface area (Å²) in [6.45, 7) is 8.17. The molecule has 0 bridgehead atoms. The quantitative estimate of drug-likeness (QED) is 0.654. The minimum absolute atomic E-state index is 0.0187. The summed E-state index contributed by atoms with van der Waals surface area (Å²) in [6, 6.07) is 0. The lowest BCUT2D eigenvalue weighted by Crippen LogP contribution is -2.37. The molecule has 0 aliphatic heterocycles. The van der Waals surface area contributed by atoms with Crippen molar-refractivity contribution >= 4 is 11.8 Å². The summed E-state index contributed by atoms with van der Waals surface area (Å²) in [5, 5.41) is 5.29. The van der Waals surface area contributed by atoms with Crippen LogP contribution in [0.4, 0.5) is 0 Å². The molecule has 0 saturated carbocycles. The molecule has 0 radical (unpaired) electrons. The van der Waals surface area contributed by atoms with Crippen molar-refractivity contribution < 1.29 is 9.59 Å². The second-order valence-corrected chi connectivity index (χ2v) is 4.57. The molecule has 0 rings (SSSR count). The van der Waals surface area contributed by atoms with Crippen LogP contribution >= 0.6 is 0 Å². The maximum absolute atomic E-state index is 11.2. The third-order valence-electron chi connectivity index (χ3n) is 1.76. The van der Waals surface area contributed by atoms with Crippen molar-refractivity contribution in [3.63, 3.8) is 0 Å². The second kappa shape index (κ2) is 7.26. The fourth-order valence-corrected chi connectivity index (χ4v) is 1.13. The van der Waals surface area contributed by atoms with E-state index in [1.54, 1.807) is 0 Å². The van der Waals surface area contributed by atoms with Gasteiger partial charge in [-0.2, -0.15) is 0 Å². The number of hydrogen-bond acceptors (Lipinski definition) is 2. The van der Waals surface area contributed by atoms with E-state index in [0.717, 1.165) is 0 Å². The van der Waals surface area contributed by atoms with Crippen LogP contribution in [0.25, 0.3) is 0 Å². The van der Waals surface area contributed by atoms with Gasteiger partial charge in [0.2, 0.25) is 11.8 Å². The van der Waals surface area contributed by atoms with Gasteiger partial charge in [-0.15, -0.1) is 0 Å². The summed E-state index contributed by atoms with van der Waals surface area (Å²) < 4.78 is 0. The number of amides is 2.